The first-order valence-corrected chi connectivity index (χ1v) is 11.7. The third-order valence-electron chi connectivity index (χ3n) is 6.12. The number of aliphatic hydroxyl groups is 1. The lowest BCUT2D eigenvalue weighted by atomic mass is 9.97. The maximum absolute atomic E-state index is 13.3. The minimum atomic E-state index is -0.716. The van der Waals surface area contributed by atoms with Crippen LogP contribution in [0.25, 0.3) is 0 Å². The van der Waals surface area contributed by atoms with Crippen molar-refractivity contribution in [3.63, 3.8) is 0 Å². The molecule has 1 aliphatic heterocycles. The largest absolute Gasteiger partial charge is 0.387 e. The first-order chi connectivity index (χ1) is 17.2. The van der Waals surface area contributed by atoms with Crippen molar-refractivity contribution < 1.29 is 9.90 Å². The Hall–Kier alpha value is -4.06. The first-order valence-electron chi connectivity index (χ1n) is 11.7. The molecule has 0 spiro atoms. The Morgan fingerprint density at radius 3 is 2.23 bits per heavy atom. The summed E-state index contributed by atoms with van der Waals surface area (Å²) in [7, 11) is 0. The number of nitrogens with zero attached hydrogens (tertiary/aromatic N) is 1. The van der Waals surface area contributed by atoms with E-state index in [4.69, 9.17) is 4.99 Å². The van der Waals surface area contributed by atoms with Gasteiger partial charge in [-0.3, -0.25) is 9.79 Å². The number of hydrogen-bond acceptors (Lipinski definition) is 4. The van der Waals surface area contributed by atoms with Gasteiger partial charge in [0, 0.05) is 24.2 Å². The van der Waals surface area contributed by atoms with Crippen LogP contribution in [0.2, 0.25) is 0 Å². The fourth-order valence-electron chi connectivity index (χ4n) is 4.29. The van der Waals surface area contributed by atoms with Crippen LogP contribution >= 0.6 is 0 Å². The molecule has 1 aliphatic rings. The van der Waals surface area contributed by atoms with E-state index >= 15 is 0 Å². The van der Waals surface area contributed by atoms with Gasteiger partial charge in [-0.2, -0.15) is 0 Å². The number of nitrogens with one attached hydrogen (secondary N) is 2. The summed E-state index contributed by atoms with van der Waals surface area (Å²) in [6, 6.07) is 34.6. The Morgan fingerprint density at radius 2 is 1.51 bits per heavy atom. The van der Waals surface area contributed by atoms with Gasteiger partial charge in [0.05, 0.1) is 17.5 Å². The molecular formula is C30H27N3O2. The topological polar surface area (TPSA) is 73.7 Å². The van der Waals surface area contributed by atoms with Crippen LogP contribution in [0.3, 0.4) is 0 Å². The molecule has 2 atom stereocenters. The Kier molecular flexibility index (Phi) is 6.80. The van der Waals surface area contributed by atoms with E-state index in [9.17, 15) is 9.90 Å². The van der Waals surface area contributed by atoms with Gasteiger partial charge >= 0.3 is 0 Å². The van der Waals surface area contributed by atoms with Crippen molar-refractivity contribution in [3.8, 4) is 0 Å². The van der Waals surface area contributed by atoms with Crippen molar-refractivity contribution in [3.05, 3.63) is 137 Å². The summed E-state index contributed by atoms with van der Waals surface area (Å²) in [5, 5.41) is 17.2. The molecule has 35 heavy (non-hydrogen) atoms. The Labute approximate surface area is 205 Å². The summed E-state index contributed by atoms with van der Waals surface area (Å²) >= 11 is 0. The lowest BCUT2D eigenvalue weighted by Gasteiger charge is -2.16. The Balaban J connectivity index is 1.44. The predicted octanol–water partition coefficient (Wildman–Crippen LogP) is 5.04. The van der Waals surface area contributed by atoms with Gasteiger partial charge in [-0.15, -0.1) is 0 Å². The summed E-state index contributed by atoms with van der Waals surface area (Å²) in [4.78, 5) is 18.2. The number of rotatable bonds is 7. The van der Waals surface area contributed by atoms with Crippen LogP contribution < -0.4 is 10.6 Å². The SMILES string of the molecule is O=C1Nc2cc(C(O)CNCc3ccccc3)ccc2C(c2ccccc2)=N[C@@H]1c1ccccc1. The van der Waals surface area contributed by atoms with E-state index < -0.39 is 12.1 Å². The molecule has 1 unspecified atom stereocenters. The number of carbonyl (C=O) groups excluding carboxylic acids is 1. The highest BCUT2D eigenvalue weighted by molar-refractivity contribution is 6.19. The second-order valence-corrected chi connectivity index (χ2v) is 8.58. The van der Waals surface area contributed by atoms with Crippen molar-refractivity contribution in [2.24, 2.45) is 4.99 Å². The van der Waals surface area contributed by atoms with Crippen molar-refractivity contribution in [2.75, 3.05) is 11.9 Å². The zero-order valence-electron chi connectivity index (χ0n) is 19.3. The summed E-state index contributed by atoms with van der Waals surface area (Å²) in [5.41, 5.74) is 5.88. The second-order valence-electron chi connectivity index (χ2n) is 8.58. The molecule has 1 heterocycles. The molecule has 0 saturated carbocycles. The molecule has 0 bridgehead atoms. The smallest absolute Gasteiger partial charge is 0.253 e. The highest BCUT2D eigenvalue weighted by Crippen LogP contribution is 2.31. The number of hydrogen-bond donors (Lipinski definition) is 3. The monoisotopic (exact) mass is 461 g/mol. The third kappa shape index (κ3) is 5.22. The zero-order chi connectivity index (χ0) is 24.0. The van der Waals surface area contributed by atoms with Gasteiger partial charge in [0.2, 0.25) is 0 Å². The average molecular weight is 462 g/mol. The highest BCUT2D eigenvalue weighted by Gasteiger charge is 2.27. The van der Waals surface area contributed by atoms with Crippen LogP contribution in [0.5, 0.6) is 0 Å². The van der Waals surface area contributed by atoms with Crippen LogP contribution in [-0.4, -0.2) is 23.3 Å². The van der Waals surface area contributed by atoms with Crippen molar-refractivity contribution in [1.82, 2.24) is 5.32 Å². The van der Waals surface area contributed by atoms with Crippen LogP contribution in [-0.2, 0) is 11.3 Å². The summed E-state index contributed by atoms with van der Waals surface area (Å²) in [5.74, 6) is -0.197. The van der Waals surface area contributed by atoms with E-state index in [2.05, 4.69) is 10.6 Å². The zero-order valence-corrected chi connectivity index (χ0v) is 19.3. The third-order valence-corrected chi connectivity index (χ3v) is 6.12. The van der Waals surface area contributed by atoms with Crippen LogP contribution in [0.1, 0.15) is 40.0 Å². The van der Waals surface area contributed by atoms with E-state index in [1.807, 2.05) is 109 Å². The van der Waals surface area contributed by atoms with Crippen molar-refractivity contribution in [2.45, 2.75) is 18.7 Å². The molecule has 1 amide bonds. The van der Waals surface area contributed by atoms with Crippen LogP contribution in [0, 0.1) is 0 Å². The Morgan fingerprint density at radius 1 is 0.857 bits per heavy atom. The molecular weight excluding hydrogens is 434 g/mol. The van der Waals surface area contributed by atoms with E-state index in [1.165, 1.54) is 0 Å². The van der Waals surface area contributed by atoms with Gasteiger partial charge < -0.3 is 15.7 Å². The maximum atomic E-state index is 13.3. The number of aliphatic hydroxyl groups excluding tert-OH is 1. The number of anilines is 1. The molecule has 0 saturated heterocycles. The molecule has 5 rings (SSSR count). The quantitative estimate of drug-likeness (QED) is 0.361. The van der Waals surface area contributed by atoms with Gasteiger partial charge in [-0.1, -0.05) is 103 Å². The summed E-state index contributed by atoms with van der Waals surface area (Å²) < 4.78 is 0. The van der Waals surface area contributed by atoms with E-state index in [0.29, 0.717) is 18.8 Å². The van der Waals surface area contributed by atoms with Crippen molar-refractivity contribution in [1.29, 1.82) is 0 Å². The standard InChI is InChI=1S/C30H27N3O2/c34-27(20-31-19-21-10-4-1-5-11-21)24-16-17-25-26(18-24)32-30(35)29(23-14-8-3-9-15-23)33-28(25)22-12-6-2-7-13-22/h1-18,27,29,31,34H,19-20H2,(H,32,35)/t27?,29-/m1/s1. The molecule has 0 aliphatic carbocycles. The Bertz CT molecular complexity index is 1320. The molecule has 0 fully saturated rings. The number of carbonyl (C=O) groups is 1. The number of fused-ring (bicyclic) bond motifs is 1. The van der Waals surface area contributed by atoms with Gasteiger partial charge in [0.1, 0.15) is 0 Å². The maximum Gasteiger partial charge on any atom is 0.253 e. The number of benzodiazepines with no additional fused rings is 1. The molecule has 0 radical (unpaired) electrons. The lowest BCUT2D eigenvalue weighted by Crippen LogP contribution is -2.21. The highest BCUT2D eigenvalue weighted by atomic mass is 16.3. The molecule has 0 aromatic heterocycles. The molecule has 174 valence electrons. The fourth-order valence-corrected chi connectivity index (χ4v) is 4.29. The number of amides is 1. The first kappa shape index (κ1) is 22.7. The lowest BCUT2D eigenvalue weighted by molar-refractivity contribution is -0.117. The van der Waals surface area contributed by atoms with E-state index in [0.717, 1.165) is 33.5 Å². The van der Waals surface area contributed by atoms with Gasteiger partial charge in [-0.25, -0.2) is 0 Å². The van der Waals surface area contributed by atoms with Gasteiger partial charge in [0.25, 0.3) is 5.91 Å². The molecule has 4 aromatic carbocycles. The van der Waals surface area contributed by atoms with Crippen molar-refractivity contribution >= 4 is 17.3 Å². The summed E-state index contributed by atoms with van der Waals surface area (Å²) in [6.07, 6.45) is -0.716. The van der Waals surface area contributed by atoms with Crippen LogP contribution in [0.4, 0.5) is 5.69 Å². The van der Waals surface area contributed by atoms with Crippen LogP contribution in [0.15, 0.2) is 114 Å². The minimum Gasteiger partial charge on any atom is -0.387 e. The minimum absolute atomic E-state index is 0.197. The number of aliphatic imine (C=N–C) groups is 1. The molecule has 3 N–H and O–H groups in total. The number of benzene rings is 4. The second kappa shape index (κ2) is 10.5. The predicted molar refractivity (Wildman–Crippen MR) is 139 cm³/mol. The average Bonchev–Trinajstić information content (AvgIpc) is 3.05. The normalized spacial score (nSPS) is 16.0. The van der Waals surface area contributed by atoms with Gasteiger partial charge in [0.15, 0.2) is 6.04 Å². The molecule has 5 heteroatoms. The van der Waals surface area contributed by atoms with E-state index in [-0.39, 0.29) is 5.91 Å². The fraction of sp³-hybridized carbons (Fsp3) is 0.133. The van der Waals surface area contributed by atoms with E-state index in [1.54, 1.807) is 0 Å². The van der Waals surface area contributed by atoms with Gasteiger partial charge in [-0.05, 0) is 22.8 Å². The summed E-state index contributed by atoms with van der Waals surface area (Å²) in [6.45, 7) is 1.07. The molecule has 4 aromatic rings. The molecule has 5 nitrogen and oxygen atoms in total.